The van der Waals surface area contributed by atoms with Gasteiger partial charge in [0, 0.05) is 25.3 Å². The molecule has 0 saturated carbocycles. The van der Waals surface area contributed by atoms with E-state index in [0.29, 0.717) is 6.42 Å². The van der Waals surface area contributed by atoms with E-state index in [1.807, 2.05) is 23.1 Å². The van der Waals surface area contributed by atoms with Crippen molar-refractivity contribution < 1.29 is 4.79 Å². The molecular formula is C15H22N2O. The molecule has 0 unspecified atom stereocenters. The largest absolute Gasteiger partial charge is 0.383 e. The van der Waals surface area contributed by atoms with Gasteiger partial charge in [-0.05, 0) is 18.1 Å². The number of benzene rings is 1. The molecule has 0 bridgehead atoms. The molecule has 98 valence electrons. The standard InChI is InChI=1S/C15H22N2O/c1-2-3-6-10-17-11-9-16-14-8-5-4-7-13(14)12-15(17)18/h4-5,7-8,16H,2-3,6,9-12H2,1H3. The molecule has 1 heterocycles. The average molecular weight is 246 g/mol. The van der Waals surface area contributed by atoms with Crippen molar-refractivity contribution >= 4 is 11.6 Å². The van der Waals surface area contributed by atoms with Crippen LogP contribution >= 0.6 is 0 Å². The molecule has 0 aliphatic carbocycles. The van der Waals surface area contributed by atoms with Crippen LogP contribution in [0.2, 0.25) is 0 Å². The zero-order valence-electron chi connectivity index (χ0n) is 11.1. The number of fused-ring (bicyclic) bond motifs is 1. The molecule has 0 aromatic heterocycles. The molecule has 3 nitrogen and oxygen atoms in total. The molecule has 1 N–H and O–H groups in total. The summed E-state index contributed by atoms with van der Waals surface area (Å²) >= 11 is 0. The third-order valence-corrected chi connectivity index (χ3v) is 3.44. The summed E-state index contributed by atoms with van der Waals surface area (Å²) in [6, 6.07) is 8.10. The number of rotatable bonds is 4. The molecule has 0 saturated heterocycles. The second-order valence-electron chi connectivity index (χ2n) is 4.85. The van der Waals surface area contributed by atoms with E-state index in [4.69, 9.17) is 0 Å². The first-order valence-corrected chi connectivity index (χ1v) is 6.91. The van der Waals surface area contributed by atoms with Crippen LogP contribution in [0.25, 0.3) is 0 Å². The molecule has 0 atom stereocenters. The maximum atomic E-state index is 12.2. The summed E-state index contributed by atoms with van der Waals surface area (Å²) in [6.45, 7) is 4.75. The molecule has 0 radical (unpaired) electrons. The Bertz CT molecular complexity index is 403. The van der Waals surface area contributed by atoms with E-state index < -0.39 is 0 Å². The number of hydrogen-bond donors (Lipinski definition) is 1. The number of para-hydroxylation sites is 1. The fourth-order valence-corrected chi connectivity index (χ4v) is 2.36. The number of amides is 1. The van der Waals surface area contributed by atoms with E-state index >= 15 is 0 Å². The van der Waals surface area contributed by atoms with Gasteiger partial charge in [0.1, 0.15) is 0 Å². The first-order chi connectivity index (χ1) is 8.81. The van der Waals surface area contributed by atoms with Gasteiger partial charge in [-0.25, -0.2) is 0 Å². The van der Waals surface area contributed by atoms with Crippen LogP contribution in [-0.4, -0.2) is 30.4 Å². The molecule has 18 heavy (non-hydrogen) atoms. The summed E-state index contributed by atoms with van der Waals surface area (Å²) in [5.41, 5.74) is 2.22. The summed E-state index contributed by atoms with van der Waals surface area (Å²) in [5, 5.41) is 3.41. The number of carbonyl (C=O) groups is 1. The number of nitrogens with one attached hydrogen (secondary N) is 1. The maximum Gasteiger partial charge on any atom is 0.227 e. The Morgan fingerprint density at radius 3 is 2.94 bits per heavy atom. The molecule has 1 aliphatic rings. The van der Waals surface area contributed by atoms with Crippen molar-refractivity contribution in [2.24, 2.45) is 0 Å². The Morgan fingerprint density at radius 2 is 2.11 bits per heavy atom. The fourth-order valence-electron chi connectivity index (χ4n) is 2.36. The Balaban J connectivity index is 2.01. The SMILES string of the molecule is CCCCCN1CCNc2ccccc2CC1=O. The zero-order chi connectivity index (χ0) is 12.8. The molecule has 3 heteroatoms. The summed E-state index contributed by atoms with van der Waals surface area (Å²) in [5.74, 6) is 0.264. The quantitative estimate of drug-likeness (QED) is 0.828. The average Bonchev–Trinajstić information content (AvgIpc) is 2.37. The van der Waals surface area contributed by atoms with Crippen molar-refractivity contribution in [1.82, 2.24) is 4.90 Å². The van der Waals surface area contributed by atoms with Gasteiger partial charge in [0.05, 0.1) is 6.42 Å². The van der Waals surface area contributed by atoms with Crippen molar-refractivity contribution in [3.8, 4) is 0 Å². The van der Waals surface area contributed by atoms with Gasteiger partial charge >= 0.3 is 0 Å². The minimum atomic E-state index is 0.264. The molecule has 2 rings (SSSR count). The summed E-state index contributed by atoms with van der Waals surface area (Å²) in [7, 11) is 0. The minimum Gasteiger partial charge on any atom is -0.383 e. The summed E-state index contributed by atoms with van der Waals surface area (Å²) in [4.78, 5) is 14.2. The van der Waals surface area contributed by atoms with Crippen LogP contribution in [0.3, 0.4) is 0 Å². The van der Waals surface area contributed by atoms with E-state index in [0.717, 1.165) is 37.3 Å². The monoisotopic (exact) mass is 246 g/mol. The Morgan fingerprint density at radius 1 is 1.28 bits per heavy atom. The number of carbonyl (C=O) groups excluding carboxylic acids is 1. The van der Waals surface area contributed by atoms with Crippen LogP contribution in [0, 0.1) is 0 Å². The number of hydrogen-bond acceptors (Lipinski definition) is 2. The van der Waals surface area contributed by atoms with E-state index in [1.165, 1.54) is 12.8 Å². The summed E-state index contributed by atoms with van der Waals surface area (Å²) in [6.07, 6.45) is 4.04. The van der Waals surface area contributed by atoms with E-state index in [-0.39, 0.29) is 5.91 Å². The lowest BCUT2D eigenvalue weighted by molar-refractivity contribution is -0.130. The van der Waals surface area contributed by atoms with Gasteiger partial charge < -0.3 is 10.2 Å². The van der Waals surface area contributed by atoms with Crippen LogP contribution in [-0.2, 0) is 11.2 Å². The van der Waals surface area contributed by atoms with Crippen LogP contribution in [0.4, 0.5) is 5.69 Å². The predicted octanol–water partition coefficient (Wildman–Crippen LogP) is 2.67. The number of anilines is 1. The lowest BCUT2D eigenvalue weighted by atomic mass is 10.1. The lowest BCUT2D eigenvalue weighted by Gasteiger charge is -2.26. The van der Waals surface area contributed by atoms with E-state index in [1.54, 1.807) is 0 Å². The summed E-state index contributed by atoms with van der Waals surface area (Å²) < 4.78 is 0. The highest BCUT2D eigenvalue weighted by atomic mass is 16.2. The molecule has 0 spiro atoms. The Kier molecular flexibility index (Phi) is 4.62. The van der Waals surface area contributed by atoms with Crippen LogP contribution in [0.15, 0.2) is 24.3 Å². The van der Waals surface area contributed by atoms with Crippen molar-refractivity contribution in [3.63, 3.8) is 0 Å². The highest BCUT2D eigenvalue weighted by molar-refractivity contribution is 5.81. The van der Waals surface area contributed by atoms with Crippen LogP contribution < -0.4 is 5.32 Å². The first kappa shape index (κ1) is 12.9. The van der Waals surface area contributed by atoms with Crippen LogP contribution in [0.1, 0.15) is 31.7 Å². The van der Waals surface area contributed by atoms with Crippen molar-refractivity contribution in [2.75, 3.05) is 25.0 Å². The normalized spacial score (nSPS) is 15.6. The van der Waals surface area contributed by atoms with Gasteiger partial charge in [-0.1, -0.05) is 38.0 Å². The van der Waals surface area contributed by atoms with Gasteiger partial charge in [0.25, 0.3) is 0 Å². The smallest absolute Gasteiger partial charge is 0.227 e. The first-order valence-electron chi connectivity index (χ1n) is 6.91. The fraction of sp³-hybridized carbons (Fsp3) is 0.533. The van der Waals surface area contributed by atoms with Gasteiger partial charge in [-0.2, -0.15) is 0 Å². The van der Waals surface area contributed by atoms with Crippen molar-refractivity contribution in [2.45, 2.75) is 32.6 Å². The van der Waals surface area contributed by atoms with Gasteiger partial charge in [-0.3, -0.25) is 4.79 Å². The third kappa shape index (κ3) is 3.25. The van der Waals surface area contributed by atoms with Gasteiger partial charge in [0.2, 0.25) is 5.91 Å². The molecule has 1 amide bonds. The second kappa shape index (κ2) is 6.43. The predicted molar refractivity (Wildman–Crippen MR) is 74.7 cm³/mol. The van der Waals surface area contributed by atoms with Crippen molar-refractivity contribution in [1.29, 1.82) is 0 Å². The number of nitrogens with zero attached hydrogens (tertiary/aromatic N) is 1. The zero-order valence-corrected chi connectivity index (χ0v) is 11.1. The number of unbranched alkanes of at least 4 members (excludes halogenated alkanes) is 2. The molecule has 1 aromatic carbocycles. The maximum absolute atomic E-state index is 12.2. The highest BCUT2D eigenvalue weighted by Crippen LogP contribution is 2.18. The van der Waals surface area contributed by atoms with E-state index in [2.05, 4.69) is 18.3 Å². The third-order valence-electron chi connectivity index (χ3n) is 3.44. The molecule has 0 fully saturated rings. The molecular weight excluding hydrogens is 224 g/mol. The lowest BCUT2D eigenvalue weighted by Crippen LogP contribution is -2.38. The second-order valence-corrected chi connectivity index (χ2v) is 4.85. The highest BCUT2D eigenvalue weighted by Gasteiger charge is 2.17. The van der Waals surface area contributed by atoms with Crippen molar-refractivity contribution in [3.05, 3.63) is 29.8 Å². The van der Waals surface area contributed by atoms with Gasteiger partial charge in [0.15, 0.2) is 0 Å². The van der Waals surface area contributed by atoms with Gasteiger partial charge in [-0.15, -0.1) is 0 Å². The Hall–Kier alpha value is -1.51. The van der Waals surface area contributed by atoms with E-state index in [9.17, 15) is 4.79 Å². The molecule has 1 aromatic rings. The van der Waals surface area contributed by atoms with Crippen LogP contribution in [0.5, 0.6) is 0 Å². The Labute approximate surface area is 109 Å². The molecule has 1 aliphatic heterocycles. The minimum absolute atomic E-state index is 0.264. The topological polar surface area (TPSA) is 32.3 Å².